The number of alkyl halides is 5. The number of nitrogens with one attached hydrogen (secondary N) is 1. The van der Waals surface area contributed by atoms with E-state index in [1.807, 2.05) is 0 Å². The van der Waals surface area contributed by atoms with Crippen molar-refractivity contribution in [3.8, 4) is 5.75 Å². The zero-order valence-electron chi connectivity index (χ0n) is 13.1. The molecule has 0 fully saturated rings. The van der Waals surface area contributed by atoms with E-state index in [1.165, 1.54) is 42.5 Å². The summed E-state index contributed by atoms with van der Waals surface area (Å²) >= 11 is 0. The van der Waals surface area contributed by atoms with Crippen molar-refractivity contribution in [3.63, 3.8) is 0 Å². The fraction of sp³-hybridized carbons (Fsp3) is 0.235. The predicted molar refractivity (Wildman–Crippen MR) is 83.0 cm³/mol. The highest BCUT2D eigenvalue weighted by atomic mass is 19.4. The first-order chi connectivity index (χ1) is 12.3. The van der Waals surface area contributed by atoms with E-state index in [0.29, 0.717) is 10.6 Å². The lowest BCUT2D eigenvalue weighted by Gasteiger charge is -2.38. The molecular formula is C17H13F5N2O2. The van der Waals surface area contributed by atoms with Gasteiger partial charge in [-0.25, -0.2) is 0 Å². The number of ether oxygens (including phenoxy) is 1. The van der Waals surface area contributed by atoms with Gasteiger partial charge >= 0.3 is 12.8 Å². The molecule has 1 aliphatic rings. The van der Waals surface area contributed by atoms with E-state index in [1.54, 1.807) is 6.07 Å². The summed E-state index contributed by atoms with van der Waals surface area (Å²) in [5.74, 6) is -1.16. The highest BCUT2D eigenvalue weighted by molar-refractivity contribution is 6.01. The van der Waals surface area contributed by atoms with Crippen LogP contribution in [0.3, 0.4) is 0 Å². The van der Waals surface area contributed by atoms with E-state index in [2.05, 4.69) is 10.1 Å². The number of fused-ring (bicyclic) bond motifs is 1. The van der Waals surface area contributed by atoms with E-state index in [-0.39, 0.29) is 16.9 Å². The molecule has 2 aromatic carbocycles. The molecule has 26 heavy (non-hydrogen) atoms. The fourth-order valence-electron chi connectivity index (χ4n) is 2.80. The number of anilines is 1. The quantitative estimate of drug-likeness (QED) is 0.808. The molecule has 0 saturated heterocycles. The molecule has 3 rings (SSSR count). The van der Waals surface area contributed by atoms with Gasteiger partial charge in [0.15, 0.2) is 0 Å². The summed E-state index contributed by atoms with van der Waals surface area (Å²) in [5, 5.41) is 2.81. The zero-order valence-corrected chi connectivity index (χ0v) is 13.1. The van der Waals surface area contributed by atoms with Gasteiger partial charge in [0.05, 0.1) is 5.56 Å². The summed E-state index contributed by atoms with van der Waals surface area (Å²) in [5.41, 5.74) is 0.382. The molecule has 0 spiro atoms. The van der Waals surface area contributed by atoms with Crippen LogP contribution in [-0.2, 0) is 0 Å². The molecule has 0 aromatic heterocycles. The van der Waals surface area contributed by atoms with E-state index in [4.69, 9.17) is 0 Å². The lowest BCUT2D eigenvalue weighted by Crippen LogP contribution is -2.47. The Bertz CT molecular complexity index is 810. The number of hydrogen-bond acceptors (Lipinski definition) is 3. The number of rotatable bonds is 4. The van der Waals surface area contributed by atoms with Crippen LogP contribution in [-0.4, -0.2) is 30.1 Å². The molecule has 1 N–H and O–H groups in total. The van der Waals surface area contributed by atoms with Crippen molar-refractivity contribution in [3.05, 3.63) is 59.7 Å². The number of amides is 1. The van der Waals surface area contributed by atoms with Crippen molar-refractivity contribution >= 4 is 11.6 Å². The van der Waals surface area contributed by atoms with Crippen molar-refractivity contribution in [1.29, 1.82) is 0 Å². The summed E-state index contributed by atoms with van der Waals surface area (Å²) in [4.78, 5) is 13.2. The summed E-state index contributed by atoms with van der Waals surface area (Å²) in [6, 6.07) is 11.5. The van der Waals surface area contributed by atoms with Gasteiger partial charge in [0.2, 0.25) is 0 Å². The van der Waals surface area contributed by atoms with Gasteiger partial charge in [-0.15, -0.1) is 0 Å². The van der Waals surface area contributed by atoms with Crippen LogP contribution in [0.25, 0.3) is 0 Å². The van der Waals surface area contributed by atoms with Crippen LogP contribution in [0.1, 0.15) is 22.1 Å². The molecule has 1 amide bonds. The number of nitrogens with zero attached hydrogens (tertiary/aromatic N) is 1. The van der Waals surface area contributed by atoms with E-state index in [0.717, 1.165) is 0 Å². The van der Waals surface area contributed by atoms with Crippen molar-refractivity contribution < 1.29 is 31.5 Å². The van der Waals surface area contributed by atoms with Crippen LogP contribution < -0.4 is 10.1 Å². The number of carbonyl (C=O) groups excluding carboxylic acids is 1. The third-order valence-electron chi connectivity index (χ3n) is 3.80. The Hall–Kier alpha value is -2.84. The first-order valence-electron chi connectivity index (χ1n) is 7.53. The maximum atomic E-state index is 13.0. The number of halogens is 5. The Morgan fingerprint density at radius 2 is 1.73 bits per heavy atom. The van der Waals surface area contributed by atoms with Gasteiger partial charge in [-0.3, -0.25) is 4.79 Å². The second-order valence-corrected chi connectivity index (χ2v) is 5.56. The van der Waals surface area contributed by atoms with Crippen LogP contribution in [0.2, 0.25) is 0 Å². The maximum absolute atomic E-state index is 13.0. The van der Waals surface area contributed by atoms with Crippen molar-refractivity contribution in [2.75, 3.05) is 11.9 Å². The summed E-state index contributed by atoms with van der Waals surface area (Å²) in [6.07, 6.45) is -5.98. The zero-order chi connectivity index (χ0) is 18.9. The largest absolute Gasteiger partial charge is 0.434 e. The second kappa shape index (κ2) is 6.81. The molecule has 1 aliphatic heterocycles. The fourth-order valence-corrected chi connectivity index (χ4v) is 2.80. The van der Waals surface area contributed by atoms with Gasteiger partial charge in [-0.1, -0.05) is 30.3 Å². The minimum atomic E-state index is -4.67. The first kappa shape index (κ1) is 18.0. The number of benzene rings is 2. The van der Waals surface area contributed by atoms with Gasteiger partial charge in [0.25, 0.3) is 5.91 Å². The van der Waals surface area contributed by atoms with Crippen molar-refractivity contribution in [1.82, 2.24) is 4.90 Å². The normalized spacial score (nSPS) is 17.1. The molecule has 0 saturated carbocycles. The Kier molecular flexibility index (Phi) is 4.71. The molecule has 0 unspecified atom stereocenters. The molecule has 0 aliphatic carbocycles. The molecular weight excluding hydrogens is 359 g/mol. The predicted octanol–water partition coefficient (Wildman–Crippen LogP) is 4.42. The second-order valence-electron chi connectivity index (χ2n) is 5.56. The Morgan fingerprint density at radius 1 is 1.08 bits per heavy atom. The minimum Gasteiger partial charge on any atom is -0.434 e. The maximum Gasteiger partial charge on any atom is 0.406 e. The third-order valence-corrected chi connectivity index (χ3v) is 3.80. The standard InChI is InChI=1S/C17H13F5N2O2/c18-16(19)26-13-8-4-2-6-11(13)14-23-12-7-3-1-5-10(12)15(25)24(14)9-17(20,21)22/h1-8,14,16,23H,9H2/t14-/m0/s1. The van der Waals surface area contributed by atoms with Gasteiger partial charge in [0.1, 0.15) is 18.5 Å². The van der Waals surface area contributed by atoms with Gasteiger partial charge < -0.3 is 15.0 Å². The summed E-state index contributed by atoms with van der Waals surface area (Å²) in [7, 11) is 0. The molecule has 1 heterocycles. The highest BCUT2D eigenvalue weighted by Crippen LogP contribution is 2.38. The van der Waals surface area contributed by atoms with E-state index >= 15 is 0 Å². The SMILES string of the molecule is O=C1c2ccccc2N[C@H](c2ccccc2OC(F)F)N1CC(F)(F)F. The molecule has 0 radical (unpaired) electrons. The van der Waals surface area contributed by atoms with Crippen molar-refractivity contribution in [2.24, 2.45) is 0 Å². The Labute approximate surface area is 145 Å². The van der Waals surface area contributed by atoms with Crippen LogP contribution in [0.15, 0.2) is 48.5 Å². The van der Waals surface area contributed by atoms with Gasteiger partial charge in [-0.2, -0.15) is 22.0 Å². The minimum absolute atomic E-state index is 0.0000898. The molecule has 4 nitrogen and oxygen atoms in total. The third kappa shape index (κ3) is 3.71. The smallest absolute Gasteiger partial charge is 0.406 e. The van der Waals surface area contributed by atoms with Crippen molar-refractivity contribution in [2.45, 2.75) is 19.0 Å². The monoisotopic (exact) mass is 372 g/mol. The molecule has 1 atom stereocenters. The van der Waals surface area contributed by atoms with Crippen LogP contribution in [0.5, 0.6) is 5.75 Å². The van der Waals surface area contributed by atoms with E-state index < -0.39 is 31.4 Å². The molecule has 2 aromatic rings. The number of para-hydroxylation sites is 2. The van der Waals surface area contributed by atoms with Crippen LogP contribution >= 0.6 is 0 Å². The number of carbonyl (C=O) groups is 1. The van der Waals surface area contributed by atoms with E-state index in [9.17, 15) is 26.7 Å². The lowest BCUT2D eigenvalue weighted by atomic mass is 10.0. The van der Waals surface area contributed by atoms with Gasteiger partial charge in [-0.05, 0) is 18.2 Å². The topological polar surface area (TPSA) is 41.6 Å². The highest BCUT2D eigenvalue weighted by Gasteiger charge is 2.41. The summed E-state index contributed by atoms with van der Waals surface area (Å²) in [6.45, 7) is -4.69. The van der Waals surface area contributed by atoms with Gasteiger partial charge in [0, 0.05) is 11.3 Å². The lowest BCUT2D eigenvalue weighted by molar-refractivity contribution is -0.144. The summed E-state index contributed by atoms with van der Waals surface area (Å²) < 4.78 is 68.8. The first-order valence-corrected chi connectivity index (χ1v) is 7.53. The Balaban J connectivity index is 2.07. The van der Waals surface area contributed by atoms with Crippen LogP contribution in [0, 0.1) is 0 Å². The number of hydrogen-bond donors (Lipinski definition) is 1. The molecule has 9 heteroatoms. The average molecular weight is 372 g/mol. The van der Waals surface area contributed by atoms with Crippen LogP contribution in [0.4, 0.5) is 27.6 Å². The molecule has 0 bridgehead atoms. The average Bonchev–Trinajstić information content (AvgIpc) is 2.56. The molecule has 138 valence electrons. The Morgan fingerprint density at radius 3 is 2.42 bits per heavy atom.